The Balaban J connectivity index is 2.40. The van der Waals surface area contributed by atoms with Gasteiger partial charge in [-0.15, -0.1) is 0 Å². The molecule has 0 atom stereocenters. The summed E-state index contributed by atoms with van der Waals surface area (Å²) in [5, 5.41) is 2.87. The van der Waals surface area contributed by atoms with E-state index in [1.54, 1.807) is 24.3 Å². The minimum Gasteiger partial charge on any atom is -0.399 e. The van der Waals surface area contributed by atoms with Crippen molar-refractivity contribution in [2.24, 2.45) is 0 Å². The highest BCUT2D eigenvalue weighted by atomic mass is 16.1. The van der Waals surface area contributed by atoms with E-state index in [0.717, 1.165) is 25.8 Å². The van der Waals surface area contributed by atoms with Gasteiger partial charge in [0.25, 0.3) is 5.91 Å². The van der Waals surface area contributed by atoms with E-state index in [1.165, 1.54) is 0 Å². The molecule has 1 rings (SSSR count). The van der Waals surface area contributed by atoms with Gasteiger partial charge >= 0.3 is 0 Å². The molecular formula is C12H18N2O. The molecule has 0 aromatic heterocycles. The number of rotatable bonds is 5. The first-order valence-corrected chi connectivity index (χ1v) is 5.37. The third-order valence-corrected chi connectivity index (χ3v) is 2.21. The molecule has 0 spiro atoms. The van der Waals surface area contributed by atoms with E-state index in [4.69, 9.17) is 5.73 Å². The molecule has 1 amide bonds. The number of nitrogens with one attached hydrogen (secondary N) is 1. The van der Waals surface area contributed by atoms with Gasteiger partial charge in [-0.2, -0.15) is 0 Å². The quantitative estimate of drug-likeness (QED) is 0.573. The maximum atomic E-state index is 11.6. The van der Waals surface area contributed by atoms with Crippen molar-refractivity contribution in [3.8, 4) is 0 Å². The number of unbranched alkanes of at least 4 members (excludes halogenated alkanes) is 2. The summed E-state index contributed by atoms with van der Waals surface area (Å²) in [5.74, 6) is -0.0431. The summed E-state index contributed by atoms with van der Waals surface area (Å²) in [6, 6.07) is 7.02. The molecule has 15 heavy (non-hydrogen) atoms. The zero-order valence-electron chi connectivity index (χ0n) is 9.12. The van der Waals surface area contributed by atoms with E-state index in [1.807, 2.05) is 0 Å². The number of benzene rings is 1. The lowest BCUT2D eigenvalue weighted by Gasteiger charge is -2.04. The predicted octanol–water partition coefficient (Wildman–Crippen LogP) is 2.19. The smallest absolute Gasteiger partial charge is 0.251 e. The predicted molar refractivity (Wildman–Crippen MR) is 62.7 cm³/mol. The number of anilines is 1. The van der Waals surface area contributed by atoms with Crippen LogP contribution >= 0.6 is 0 Å². The van der Waals surface area contributed by atoms with Crippen molar-refractivity contribution in [1.82, 2.24) is 5.32 Å². The Morgan fingerprint density at radius 3 is 2.87 bits per heavy atom. The first kappa shape index (κ1) is 11.6. The van der Waals surface area contributed by atoms with Crippen LogP contribution in [0.1, 0.15) is 36.5 Å². The van der Waals surface area contributed by atoms with Gasteiger partial charge in [0.2, 0.25) is 0 Å². The lowest BCUT2D eigenvalue weighted by molar-refractivity contribution is 0.0953. The number of carbonyl (C=O) groups is 1. The number of amides is 1. The van der Waals surface area contributed by atoms with Crippen LogP contribution in [0.5, 0.6) is 0 Å². The van der Waals surface area contributed by atoms with Crippen molar-refractivity contribution >= 4 is 11.6 Å². The topological polar surface area (TPSA) is 55.1 Å². The molecule has 1 aromatic rings. The van der Waals surface area contributed by atoms with Gasteiger partial charge in [-0.05, 0) is 24.6 Å². The molecule has 0 saturated heterocycles. The van der Waals surface area contributed by atoms with Crippen molar-refractivity contribution in [3.05, 3.63) is 29.8 Å². The Morgan fingerprint density at radius 1 is 1.40 bits per heavy atom. The molecule has 0 aliphatic rings. The molecule has 82 valence electrons. The summed E-state index contributed by atoms with van der Waals surface area (Å²) >= 11 is 0. The van der Waals surface area contributed by atoms with Gasteiger partial charge in [0.15, 0.2) is 0 Å². The Morgan fingerprint density at radius 2 is 2.20 bits per heavy atom. The van der Waals surface area contributed by atoms with Gasteiger partial charge in [-0.1, -0.05) is 25.8 Å². The standard InChI is InChI=1S/C12H18N2O/c1-2-3-4-8-14-12(15)10-6-5-7-11(13)9-10/h5-7,9H,2-4,8,13H2,1H3,(H,14,15). The number of nitrogens with two attached hydrogens (primary N) is 1. The molecule has 0 saturated carbocycles. The maximum Gasteiger partial charge on any atom is 0.251 e. The normalized spacial score (nSPS) is 9.93. The van der Waals surface area contributed by atoms with Crippen molar-refractivity contribution in [2.45, 2.75) is 26.2 Å². The Labute approximate surface area is 90.7 Å². The average Bonchev–Trinajstić information content (AvgIpc) is 2.24. The van der Waals surface area contributed by atoms with Gasteiger partial charge < -0.3 is 11.1 Å². The van der Waals surface area contributed by atoms with Crippen molar-refractivity contribution in [3.63, 3.8) is 0 Å². The summed E-state index contributed by atoms with van der Waals surface area (Å²) in [6.45, 7) is 2.88. The molecule has 0 fully saturated rings. The van der Waals surface area contributed by atoms with Gasteiger partial charge in [0.05, 0.1) is 0 Å². The van der Waals surface area contributed by atoms with Crippen LogP contribution in [-0.2, 0) is 0 Å². The van der Waals surface area contributed by atoms with E-state index < -0.39 is 0 Å². The van der Waals surface area contributed by atoms with E-state index in [9.17, 15) is 4.79 Å². The van der Waals surface area contributed by atoms with Crippen LogP contribution < -0.4 is 11.1 Å². The number of nitrogen functional groups attached to an aromatic ring is 1. The van der Waals surface area contributed by atoms with Crippen molar-refractivity contribution < 1.29 is 4.79 Å². The van der Waals surface area contributed by atoms with Gasteiger partial charge in [0.1, 0.15) is 0 Å². The molecule has 3 N–H and O–H groups in total. The Hall–Kier alpha value is -1.51. The fourth-order valence-electron chi connectivity index (χ4n) is 1.36. The molecule has 3 heteroatoms. The Kier molecular flexibility index (Phi) is 4.68. The molecular weight excluding hydrogens is 188 g/mol. The maximum absolute atomic E-state index is 11.6. The van der Waals surface area contributed by atoms with Crippen LogP contribution in [0.4, 0.5) is 5.69 Å². The summed E-state index contributed by atoms with van der Waals surface area (Å²) in [6.07, 6.45) is 3.34. The molecule has 3 nitrogen and oxygen atoms in total. The van der Waals surface area contributed by atoms with Gasteiger partial charge in [-0.3, -0.25) is 4.79 Å². The number of carbonyl (C=O) groups excluding carboxylic acids is 1. The van der Waals surface area contributed by atoms with Crippen molar-refractivity contribution in [2.75, 3.05) is 12.3 Å². The average molecular weight is 206 g/mol. The van der Waals surface area contributed by atoms with E-state index in [-0.39, 0.29) is 5.91 Å². The van der Waals surface area contributed by atoms with E-state index in [0.29, 0.717) is 11.3 Å². The third-order valence-electron chi connectivity index (χ3n) is 2.21. The van der Waals surface area contributed by atoms with E-state index >= 15 is 0 Å². The SMILES string of the molecule is CCCCCNC(=O)c1cccc(N)c1. The summed E-state index contributed by atoms with van der Waals surface area (Å²) in [5.41, 5.74) is 6.85. The minimum absolute atomic E-state index is 0.0431. The molecule has 0 unspecified atom stereocenters. The largest absolute Gasteiger partial charge is 0.399 e. The molecule has 0 radical (unpaired) electrons. The molecule has 0 heterocycles. The van der Waals surface area contributed by atoms with Gasteiger partial charge in [0, 0.05) is 17.8 Å². The lowest BCUT2D eigenvalue weighted by Crippen LogP contribution is -2.24. The minimum atomic E-state index is -0.0431. The summed E-state index contributed by atoms with van der Waals surface area (Å²) in [4.78, 5) is 11.6. The fourth-order valence-corrected chi connectivity index (χ4v) is 1.36. The summed E-state index contributed by atoms with van der Waals surface area (Å²) in [7, 11) is 0. The number of hydrogen-bond donors (Lipinski definition) is 2. The highest BCUT2D eigenvalue weighted by Gasteiger charge is 2.03. The van der Waals surface area contributed by atoms with Crippen LogP contribution in [-0.4, -0.2) is 12.5 Å². The van der Waals surface area contributed by atoms with Crippen LogP contribution in [0.3, 0.4) is 0 Å². The first-order chi connectivity index (χ1) is 7.24. The summed E-state index contributed by atoms with van der Waals surface area (Å²) < 4.78 is 0. The Bertz CT molecular complexity index is 323. The molecule has 0 aliphatic carbocycles. The highest BCUT2D eigenvalue weighted by molar-refractivity contribution is 5.94. The fraction of sp³-hybridized carbons (Fsp3) is 0.417. The zero-order valence-corrected chi connectivity index (χ0v) is 9.12. The highest BCUT2D eigenvalue weighted by Crippen LogP contribution is 2.06. The second-order valence-corrected chi connectivity index (χ2v) is 3.59. The third kappa shape index (κ3) is 4.02. The molecule has 0 aliphatic heterocycles. The van der Waals surface area contributed by atoms with E-state index in [2.05, 4.69) is 12.2 Å². The van der Waals surface area contributed by atoms with Gasteiger partial charge in [-0.25, -0.2) is 0 Å². The van der Waals surface area contributed by atoms with Crippen LogP contribution in [0, 0.1) is 0 Å². The van der Waals surface area contributed by atoms with Crippen molar-refractivity contribution in [1.29, 1.82) is 0 Å². The second kappa shape index (κ2) is 6.06. The number of hydrogen-bond acceptors (Lipinski definition) is 2. The second-order valence-electron chi connectivity index (χ2n) is 3.59. The zero-order chi connectivity index (χ0) is 11.1. The first-order valence-electron chi connectivity index (χ1n) is 5.37. The monoisotopic (exact) mass is 206 g/mol. The van der Waals surface area contributed by atoms with Crippen LogP contribution in [0.15, 0.2) is 24.3 Å². The lowest BCUT2D eigenvalue weighted by atomic mass is 10.2. The van der Waals surface area contributed by atoms with Crippen LogP contribution in [0.2, 0.25) is 0 Å². The molecule has 1 aromatic carbocycles. The van der Waals surface area contributed by atoms with Crippen LogP contribution in [0.25, 0.3) is 0 Å². The molecule has 0 bridgehead atoms.